The highest BCUT2D eigenvalue weighted by atomic mass is 19.1. The molecule has 0 aliphatic heterocycles. The molecule has 0 fully saturated rings. The van der Waals surface area contributed by atoms with Gasteiger partial charge in [-0.05, 0) is 43.7 Å². The first kappa shape index (κ1) is 15.2. The summed E-state index contributed by atoms with van der Waals surface area (Å²) in [7, 11) is 1.61. The average Bonchev–Trinajstić information content (AvgIpc) is 2.46. The second kappa shape index (κ2) is 6.97. The van der Waals surface area contributed by atoms with Gasteiger partial charge in [0.1, 0.15) is 12.4 Å². The van der Waals surface area contributed by atoms with Crippen molar-refractivity contribution in [3.63, 3.8) is 0 Å². The number of anilines is 1. The van der Waals surface area contributed by atoms with Crippen LogP contribution in [0.1, 0.15) is 19.4 Å². The summed E-state index contributed by atoms with van der Waals surface area (Å²) in [6, 6.07) is 12.3. The van der Waals surface area contributed by atoms with Gasteiger partial charge in [0.25, 0.3) is 0 Å². The standard InChI is InChI=1S/C17H20FNO2/c1-12(2)19-15-5-4-6-16(20-3)17(15)21-11-13-7-9-14(18)10-8-13/h4-10,12,19H,11H2,1-3H3. The molecule has 0 aliphatic carbocycles. The maximum Gasteiger partial charge on any atom is 0.184 e. The summed E-state index contributed by atoms with van der Waals surface area (Å²) in [5.74, 6) is 1.08. The van der Waals surface area contributed by atoms with Gasteiger partial charge in [0.15, 0.2) is 11.5 Å². The highest BCUT2D eigenvalue weighted by Crippen LogP contribution is 2.36. The fraction of sp³-hybridized carbons (Fsp3) is 0.294. The third-order valence-electron chi connectivity index (χ3n) is 2.94. The second-order valence-electron chi connectivity index (χ2n) is 5.05. The first-order valence-electron chi connectivity index (χ1n) is 6.91. The van der Waals surface area contributed by atoms with Crippen molar-refractivity contribution in [3.8, 4) is 11.5 Å². The molecule has 0 saturated carbocycles. The van der Waals surface area contributed by atoms with Gasteiger partial charge < -0.3 is 14.8 Å². The Balaban J connectivity index is 2.18. The van der Waals surface area contributed by atoms with Gasteiger partial charge in [0, 0.05) is 6.04 Å². The molecule has 0 aromatic heterocycles. The molecule has 0 radical (unpaired) electrons. The fourth-order valence-corrected chi connectivity index (χ4v) is 1.99. The number of rotatable bonds is 6. The van der Waals surface area contributed by atoms with E-state index in [4.69, 9.17) is 9.47 Å². The first-order valence-corrected chi connectivity index (χ1v) is 6.91. The molecule has 2 rings (SSSR count). The minimum Gasteiger partial charge on any atom is -0.493 e. The van der Waals surface area contributed by atoms with Crippen LogP contribution in [0.3, 0.4) is 0 Å². The van der Waals surface area contributed by atoms with E-state index in [-0.39, 0.29) is 11.9 Å². The van der Waals surface area contributed by atoms with E-state index in [0.29, 0.717) is 18.1 Å². The molecule has 0 atom stereocenters. The summed E-state index contributed by atoms with van der Waals surface area (Å²) in [4.78, 5) is 0. The minimum absolute atomic E-state index is 0.252. The lowest BCUT2D eigenvalue weighted by Gasteiger charge is -2.18. The Labute approximate surface area is 124 Å². The van der Waals surface area contributed by atoms with Crippen LogP contribution < -0.4 is 14.8 Å². The van der Waals surface area contributed by atoms with Crippen molar-refractivity contribution >= 4 is 5.69 Å². The summed E-state index contributed by atoms with van der Waals surface area (Å²) in [6.45, 7) is 4.47. The van der Waals surface area contributed by atoms with Gasteiger partial charge >= 0.3 is 0 Å². The minimum atomic E-state index is -0.252. The smallest absolute Gasteiger partial charge is 0.184 e. The molecule has 0 heterocycles. The lowest BCUT2D eigenvalue weighted by molar-refractivity contribution is 0.285. The van der Waals surface area contributed by atoms with E-state index in [0.717, 1.165) is 11.3 Å². The molecule has 1 N–H and O–H groups in total. The van der Waals surface area contributed by atoms with E-state index in [9.17, 15) is 4.39 Å². The number of methoxy groups -OCH3 is 1. The Morgan fingerprint density at radius 2 is 1.81 bits per heavy atom. The molecule has 4 heteroatoms. The Morgan fingerprint density at radius 1 is 1.10 bits per heavy atom. The molecule has 21 heavy (non-hydrogen) atoms. The van der Waals surface area contributed by atoms with Crippen LogP contribution in [-0.2, 0) is 6.61 Å². The number of halogens is 1. The van der Waals surface area contributed by atoms with Gasteiger partial charge in [0.05, 0.1) is 12.8 Å². The molecular weight excluding hydrogens is 269 g/mol. The van der Waals surface area contributed by atoms with Gasteiger partial charge in [-0.2, -0.15) is 0 Å². The van der Waals surface area contributed by atoms with Gasteiger partial charge in [-0.15, -0.1) is 0 Å². The maximum absolute atomic E-state index is 12.9. The van der Waals surface area contributed by atoms with E-state index in [1.807, 2.05) is 18.2 Å². The van der Waals surface area contributed by atoms with Crippen LogP contribution in [0.25, 0.3) is 0 Å². The lowest BCUT2D eigenvalue weighted by Crippen LogP contribution is -2.11. The Bertz CT molecular complexity index is 582. The molecule has 2 aromatic carbocycles. The first-order chi connectivity index (χ1) is 10.1. The Hall–Kier alpha value is -2.23. The number of hydrogen-bond acceptors (Lipinski definition) is 3. The van der Waals surface area contributed by atoms with Crippen LogP contribution in [0.4, 0.5) is 10.1 Å². The van der Waals surface area contributed by atoms with E-state index in [2.05, 4.69) is 19.2 Å². The summed E-state index contributed by atoms with van der Waals surface area (Å²) in [6.07, 6.45) is 0. The molecule has 0 aliphatic rings. The van der Waals surface area contributed by atoms with Crippen molar-refractivity contribution in [3.05, 3.63) is 53.8 Å². The number of ether oxygens (including phenoxy) is 2. The maximum atomic E-state index is 12.9. The molecule has 0 saturated heterocycles. The van der Waals surface area contributed by atoms with Crippen LogP contribution in [0.5, 0.6) is 11.5 Å². The molecule has 0 bridgehead atoms. The predicted octanol–water partition coefficient (Wildman–Crippen LogP) is 4.23. The summed E-state index contributed by atoms with van der Waals surface area (Å²) >= 11 is 0. The van der Waals surface area contributed by atoms with E-state index in [1.165, 1.54) is 12.1 Å². The van der Waals surface area contributed by atoms with Crippen LogP contribution in [0.2, 0.25) is 0 Å². The third kappa shape index (κ3) is 4.12. The highest BCUT2D eigenvalue weighted by Gasteiger charge is 2.11. The zero-order valence-electron chi connectivity index (χ0n) is 12.5. The summed E-state index contributed by atoms with van der Waals surface area (Å²) in [5.41, 5.74) is 1.78. The Kier molecular flexibility index (Phi) is 5.04. The Morgan fingerprint density at radius 3 is 2.43 bits per heavy atom. The normalized spacial score (nSPS) is 10.5. The molecule has 0 amide bonds. The predicted molar refractivity (Wildman–Crippen MR) is 82.5 cm³/mol. The van der Waals surface area contributed by atoms with Crippen LogP contribution in [-0.4, -0.2) is 13.2 Å². The molecule has 3 nitrogen and oxygen atoms in total. The third-order valence-corrected chi connectivity index (χ3v) is 2.94. The van der Waals surface area contributed by atoms with Gasteiger partial charge in [-0.1, -0.05) is 18.2 Å². The number of hydrogen-bond donors (Lipinski definition) is 1. The van der Waals surface area contributed by atoms with Crippen LogP contribution in [0.15, 0.2) is 42.5 Å². The van der Waals surface area contributed by atoms with E-state index in [1.54, 1.807) is 19.2 Å². The number of para-hydroxylation sites is 1. The quantitative estimate of drug-likeness (QED) is 0.863. The topological polar surface area (TPSA) is 30.5 Å². The average molecular weight is 289 g/mol. The zero-order chi connectivity index (χ0) is 15.2. The van der Waals surface area contributed by atoms with E-state index < -0.39 is 0 Å². The largest absolute Gasteiger partial charge is 0.493 e. The van der Waals surface area contributed by atoms with Gasteiger partial charge in [-0.25, -0.2) is 4.39 Å². The fourth-order valence-electron chi connectivity index (χ4n) is 1.99. The number of nitrogens with one attached hydrogen (secondary N) is 1. The van der Waals surface area contributed by atoms with Crippen molar-refractivity contribution in [1.82, 2.24) is 0 Å². The molecular formula is C17H20FNO2. The van der Waals surface area contributed by atoms with Crippen LogP contribution in [0, 0.1) is 5.82 Å². The van der Waals surface area contributed by atoms with Crippen molar-refractivity contribution in [2.45, 2.75) is 26.5 Å². The van der Waals surface area contributed by atoms with Crippen molar-refractivity contribution in [2.75, 3.05) is 12.4 Å². The molecule has 112 valence electrons. The highest BCUT2D eigenvalue weighted by molar-refractivity contribution is 5.63. The second-order valence-corrected chi connectivity index (χ2v) is 5.05. The van der Waals surface area contributed by atoms with Crippen molar-refractivity contribution in [2.24, 2.45) is 0 Å². The van der Waals surface area contributed by atoms with Crippen molar-refractivity contribution in [1.29, 1.82) is 0 Å². The monoisotopic (exact) mass is 289 g/mol. The molecule has 0 unspecified atom stereocenters. The zero-order valence-corrected chi connectivity index (χ0v) is 12.5. The SMILES string of the molecule is COc1cccc(NC(C)C)c1OCc1ccc(F)cc1. The van der Waals surface area contributed by atoms with Crippen LogP contribution >= 0.6 is 0 Å². The van der Waals surface area contributed by atoms with Gasteiger partial charge in [-0.3, -0.25) is 0 Å². The van der Waals surface area contributed by atoms with E-state index >= 15 is 0 Å². The summed E-state index contributed by atoms with van der Waals surface area (Å²) in [5, 5.41) is 3.33. The summed E-state index contributed by atoms with van der Waals surface area (Å²) < 4.78 is 24.1. The van der Waals surface area contributed by atoms with Gasteiger partial charge in [0.2, 0.25) is 0 Å². The van der Waals surface area contributed by atoms with Crippen molar-refractivity contribution < 1.29 is 13.9 Å². The molecule has 0 spiro atoms. The molecule has 2 aromatic rings. The lowest BCUT2D eigenvalue weighted by atomic mass is 10.2. The number of benzene rings is 2.